The molecule has 1 aliphatic rings. The molecule has 0 bridgehead atoms. The minimum absolute atomic E-state index is 0.102. The van der Waals surface area contributed by atoms with Crippen molar-refractivity contribution in [3.8, 4) is 0 Å². The fraction of sp³-hybridized carbons (Fsp3) is 1.00. The normalized spacial score (nSPS) is 34.5. The van der Waals surface area contributed by atoms with Crippen LogP contribution in [0.1, 0.15) is 6.42 Å². The molecule has 1 atom stereocenters. The lowest BCUT2D eigenvalue weighted by atomic mass is 10.5. The number of alkyl halides is 1. The van der Waals surface area contributed by atoms with Crippen LogP contribution < -0.4 is 10.9 Å². The van der Waals surface area contributed by atoms with Gasteiger partial charge in [0.25, 0.3) is 0 Å². The topological polar surface area (TPSA) is 26.1 Å². The number of nitrogens with zero attached hydrogens (tertiary/aromatic N) is 1. The SMILES string of the molecule is ClC1CC[N]N1. The van der Waals surface area contributed by atoms with Crippen molar-refractivity contribution in [3.63, 3.8) is 0 Å². The summed E-state index contributed by atoms with van der Waals surface area (Å²) in [6, 6.07) is 0. The van der Waals surface area contributed by atoms with E-state index in [9.17, 15) is 0 Å². The maximum Gasteiger partial charge on any atom is 0.0980 e. The van der Waals surface area contributed by atoms with E-state index >= 15 is 0 Å². The van der Waals surface area contributed by atoms with Crippen LogP contribution in [0.5, 0.6) is 0 Å². The molecule has 0 amide bonds. The van der Waals surface area contributed by atoms with Crippen molar-refractivity contribution in [1.82, 2.24) is 10.9 Å². The number of halogens is 1. The zero-order valence-corrected chi connectivity index (χ0v) is 4.07. The molecular weight excluding hydrogens is 99.5 g/mol. The van der Waals surface area contributed by atoms with Gasteiger partial charge in [-0.25, -0.2) is 5.43 Å². The Morgan fingerprint density at radius 1 is 1.83 bits per heavy atom. The maximum absolute atomic E-state index is 5.51. The summed E-state index contributed by atoms with van der Waals surface area (Å²) in [6.45, 7) is 0.869. The fourth-order valence-electron chi connectivity index (χ4n) is 0.406. The molecule has 1 unspecified atom stereocenters. The Bertz CT molecular complexity index is 42.1. The molecule has 6 heavy (non-hydrogen) atoms. The van der Waals surface area contributed by atoms with Gasteiger partial charge < -0.3 is 0 Å². The third kappa shape index (κ3) is 0.834. The molecule has 0 aromatic heterocycles. The van der Waals surface area contributed by atoms with Crippen LogP contribution in [0, 0.1) is 0 Å². The number of nitrogens with one attached hydrogen (secondary N) is 1. The lowest BCUT2D eigenvalue weighted by Gasteiger charge is -1.90. The van der Waals surface area contributed by atoms with Crippen LogP contribution in [0.3, 0.4) is 0 Å². The summed E-state index contributed by atoms with van der Waals surface area (Å²) in [5, 5.41) is 0. The number of rotatable bonds is 0. The summed E-state index contributed by atoms with van der Waals surface area (Å²) >= 11 is 5.51. The van der Waals surface area contributed by atoms with Gasteiger partial charge >= 0.3 is 0 Å². The Labute approximate surface area is 41.8 Å². The molecule has 1 saturated heterocycles. The molecule has 1 heterocycles. The lowest BCUT2D eigenvalue weighted by molar-refractivity contribution is 0.649. The smallest absolute Gasteiger partial charge is 0.0980 e. The van der Waals surface area contributed by atoms with E-state index in [2.05, 4.69) is 10.9 Å². The van der Waals surface area contributed by atoms with E-state index in [1.165, 1.54) is 0 Å². The third-order valence-corrected chi connectivity index (χ3v) is 1.04. The Kier molecular flexibility index (Phi) is 1.29. The standard InChI is InChI=1S/C3H6ClN2/c4-3-1-2-5-6-3/h3,6H,1-2H2. The Morgan fingerprint density at radius 3 is 2.83 bits per heavy atom. The van der Waals surface area contributed by atoms with E-state index in [0.29, 0.717) is 0 Å². The van der Waals surface area contributed by atoms with Crippen molar-refractivity contribution in [2.24, 2.45) is 0 Å². The average molecular weight is 106 g/mol. The second-order valence-electron chi connectivity index (χ2n) is 1.27. The lowest BCUT2D eigenvalue weighted by Crippen LogP contribution is -2.19. The molecule has 1 fully saturated rings. The molecule has 0 spiro atoms. The monoisotopic (exact) mass is 105 g/mol. The zero-order valence-electron chi connectivity index (χ0n) is 3.32. The Balaban J connectivity index is 2.18. The molecular formula is C3H6ClN2. The van der Waals surface area contributed by atoms with Crippen LogP contribution in [0.25, 0.3) is 0 Å². The van der Waals surface area contributed by atoms with Crippen molar-refractivity contribution in [3.05, 3.63) is 0 Å². The molecule has 0 aromatic carbocycles. The van der Waals surface area contributed by atoms with Crippen LogP contribution in [0.2, 0.25) is 0 Å². The number of hydrogen-bond acceptors (Lipinski definition) is 1. The van der Waals surface area contributed by atoms with Gasteiger partial charge in [0.2, 0.25) is 0 Å². The van der Waals surface area contributed by atoms with Crippen LogP contribution in [0.4, 0.5) is 0 Å². The van der Waals surface area contributed by atoms with Crippen LogP contribution >= 0.6 is 11.6 Å². The summed E-state index contributed by atoms with van der Waals surface area (Å²) in [5.74, 6) is 0. The summed E-state index contributed by atoms with van der Waals surface area (Å²) in [4.78, 5) is 0. The predicted molar refractivity (Wildman–Crippen MR) is 24.4 cm³/mol. The van der Waals surface area contributed by atoms with Crippen molar-refractivity contribution >= 4 is 11.6 Å². The summed E-state index contributed by atoms with van der Waals surface area (Å²) in [5.41, 5.74) is 6.59. The molecule has 1 radical (unpaired) electrons. The first-order valence-electron chi connectivity index (χ1n) is 1.95. The van der Waals surface area contributed by atoms with E-state index in [0.717, 1.165) is 13.0 Å². The number of hydrogen-bond donors (Lipinski definition) is 1. The molecule has 0 saturated carbocycles. The first-order chi connectivity index (χ1) is 2.89. The highest BCUT2D eigenvalue weighted by Gasteiger charge is 2.08. The highest BCUT2D eigenvalue weighted by Crippen LogP contribution is 1.99. The molecule has 3 heteroatoms. The fourth-order valence-corrected chi connectivity index (χ4v) is 0.573. The van der Waals surface area contributed by atoms with E-state index in [4.69, 9.17) is 11.6 Å². The van der Waals surface area contributed by atoms with Gasteiger partial charge in [-0.3, -0.25) is 0 Å². The quantitative estimate of drug-likeness (QED) is 0.342. The van der Waals surface area contributed by atoms with E-state index in [1.54, 1.807) is 0 Å². The molecule has 1 aliphatic heterocycles. The third-order valence-electron chi connectivity index (χ3n) is 0.726. The molecule has 0 aromatic rings. The molecule has 35 valence electrons. The van der Waals surface area contributed by atoms with Gasteiger partial charge in [-0.15, -0.1) is 11.6 Å². The van der Waals surface area contributed by atoms with Crippen LogP contribution in [-0.4, -0.2) is 12.0 Å². The first-order valence-corrected chi connectivity index (χ1v) is 2.39. The van der Waals surface area contributed by atoms with Crippen molar-refractivity contribution in [2.45, 2.75) is 11.9 Å². The van der Waals surface area contributed by atoms with E-state index in [1.807, 2.05) is 0 Å². The van der Waals surface area contributed by atoms with Gasteiger partial charge in [-0.1, -0.05) is 0 Å². The molecule has 1 N–H and O–H groups in total. The second-order valence-corrected chi connectivity index (χ2v) is 1.79. The van der Waals surface area contributed by atoms with Gasteiger partial charge in [-0.05, 0) is 6.42 Å². The van der Waals surface area contributed by atoms with Gasteiger partial charge in [0.1, 0.15) is 0 Å². The minimum atomic E-state index is 0.102. The maximum atomic E-state index is 5.51. The van der Waals surface area contributed by atoms with Gasteiger partial charge in [-0.2, -0.15) is 5.43 Å². The Hall–Kier alpha value is 0.210. The highest BCUT2D eigenvalue weighted by atomic mass is 35.5. The summed E-state index contributed by atoms with van der Waals surface area (Å²) < 4.78 is 0. The predicted octanol–water partition coefficient (Wildman–Crippen LogP) is 0.0640. The highest BCUT2D eigenvalue weighted by molar-refractivity contribution is 6.20. The first kappa shape index (κ1) is 4.37. The van der Waals surface area contributed by atoms with Gasteiger partial charge in [0, 0.05) is 6.54 Å². The molecule has 0 aliphatic carbocycles. The zero-order chi connectivity index (χ0) is 4.41. The van der Waals surface area contributed by atoms with Crippen molar-refractivity contribution < 1.29 is 0 Å². The summed E-state index contributed by atoms with van der Waals surface area (Å²) in [6.07, 6.45) is 0.974. The van der Waals surface area contributed by atoms with Gasteiger partial charge in [0.05, 0.1) is 5.50 Å². The van der Waals surface area contributed by atoms with E-state index < -0.39 is 0 Å². The largest absolute Gasteiger partial charge is 0.222 e. The Morgan fingerprint density at radius 2 is 2.67 bits per heavy atom. The van der Waals surface area contributed by atoms with Gasteiger partial charge in [0.15, 0.2) is 0 Å². The molecule has 1 rings (SSSR count). The van der Waals surface area contributed by atoms with Crippen molar-refractivity contribution in [1.29, 1.82) is 0 Å². The van der Waals surface area contributed by atoms with Crippen molar-refractivity contribution in [2.75, 3.05) is 6.54 Å². The molecule has 2 nitrogen and oxygen atoms in total. The van der Waals surface area contributed by atoms with Crippen LogP contribution in [0.15, 0.2) is 0 Å². The summed E-state index contributed by atoms with van der Waals surface area (Å²) in [7, 11) is 0. The van der Waals surface area contributed by atoms with Crippen LogP contribution in [-0.2, 0) is 0 Å². The average Bonchev–Trinajstić information content (AvgIpc) is 1.86. The minimum Gasteiger partial charge on any atom is -0.222 e. The van der Waals surface area contributed by atoms with E-state index in [-0.39, 0.29) is 5.50 Å². The second kappa shape index (κ2) is 1.78.